The van der Waals surface area contributed by atoms with Gasteiger partial charge >= 0.3 is 0 Å². The van der Waals surface area contributed by atoms with Crippen LogP contribution in [0, 0.1) is 6.92 Å². The van der Waals surface area contributed by atoms with Crippen molar-refractivity contribution >= 4 is 5.91 Å². The monoisotopic (exact) mass is 447 g/mol. The number of hydrazine groups is 1. The third-order valence-corrected chi connectivity index (χ3v) is 5.94. The van der Waals surface area contributed by atoms with Crippen LogP contribution in [0.15, 0.2) is 59.4 Å². The van der Waals surface area contributed by atoms with Gasteiger partial charge in [0.15, 0.2) is 0 Å². The number of ether oxygens (including phenoxy) is 2. The van der Waals surface area contributed by atoms with Gasteiger partial charge in [-0.1, -0.05) is 35.0 Å². The molecule has 2 atom stereocenters. The summed E-state index contributed by atoms with van der Waals surface area (Å²) in [6.07, 6.45) is 4.30. The molecule has 1 N–H and O–H groups in total. The summed E-state index contributed by atoms with van der Waals surface area (Å²) in [5.74, 6) is 1.99. The number of fused-ring (bicyclic) bond motifs is 1. The molecule has 0 radical (unpaired) electrons. The zero-order valence-corrected chi connectivity index (χ0v) is 18.7. The Morgan fingerprint density at radius 1 is 1.09 bits per heavy atom. The Labute approximate surface area is 191 Å². The molecule has 0 bridgehead atoms. The maximum atomic E-state index is 13.2. The zero-order valence-electron chi connectivity index (χ0n) is 18.7. The molecule has 33 heavy (non-hydrogen) atoms. The summed E-state index contributed by atoms with van der Waals surface area (Å²) in [5, 5.41) is 5.95. The van der Waals surface area contributed by atoms with Gasteiger partial charge in [0, 0.05) is 24.0 Å². The number of hydrogen-bond acceptors (Lipinski definition) is 8. The van der Waals surface area contributed by atoms with E-state index >= 15 is 0 Å². The smallest absolute Gasteiger partial charge is 0.251 e. The molecule has 3 aromatic rings. The second-order valence-electron chi connectivity index (χ2n) is 8.13. The van der Waals surface area contributed by atoms with E-state index in [4.69, 9.17) is 14.0 Å². The Bertz CT molecular complexity index is 1170. The van der Waals surface area contributed by atoms with E-state index in [0.29, 0.717) is 35.2 Å². The van der Waals surface area contributed by atoms with Crippen molar-refractivity contribution in [1.29, 1.82) is 0 Å². The lowest BCUT2D eigenvalue weighted by molar-refractivity contribution is -0.135. The van der Waals surface area contributed by atoms with Crippen molar-refractivity contribution in [2.75, 3.05) is 14.2 Å². The van der Waals surface area contributed by atoms with E-state index in [1.54, 1.807) is 43.5 Å². The van der Waals surface area contributed by atoms with E-state index < -0.39 is 0 Å². The lowest BCUT2D eigenvalue weighted by atomic mass is 10.00. The minimum atomic E-state index is -0.286. The fraction of sp³-hybridized carbons (Fsp3) is 0.292. The normalized spacial score (nSPS) is 19.7. The Kier molecular flexibility index (Phi) is 5.47. The summed E-state index contributed by atoms with van der Waals surface area (Å²) in [7, 11) is 3.16. The summed E-state index contributed by atoms with van der Waals surface area (Å²) < 4.78 is 16.0. The van der Waals surface area contributed by atoms with Crippen LogP contribution in [0.2, 0.25) is 0 Å². The maximum Gasteiger partial charge on any atom is 0.251 e. The quantitative estimate of drug-likeness (QED) is 0.616. The van der Waals surface area contributed by atoms with E-state index in [2.05, 4.69) is 46.8 Å². The van der Waals surface area contributed by atoms with Crippen LogP contribution in [0.5, 0.6) is 11.5 Å². The topological polar surface area (TPSA) is 93.0 Å². The Balaban J connectivity index is 1.29. The highest BCUT2D eigenvalue weighted by molar-refractivity contribution is 5.84. The molecular weight excluding hydrogens is 422 g/mol. The van der Waals surface area contributed by atoms with Crippen LogP contribution < -0.4 is 14.9 Å². The molecule has 2 aliphatic rings. The maximum absolute atomic E-state index is 13.2. The number of nitrogens with one attached hydrogen (secondary N) is 1. The zero-order chi connectivity index (χ0) is 22.9. The lowest BCUT2D eigenvalue weighted by Gasteiger charge is -2.30. The summed E-state index contributed by atoms with van der Waals surface area (Å²) in [6, 6.07) is 13.6. The predicted molar refractivity (Wildman–Crippen MR) is 120 cm³/mol. The second-order valence-corrected chi connectivity index (χ2v) is 8.13. The number of carbonyl (C=O) groups is 1. The van der Waals surface area contributed by atoms with Crippen molar-refractivity contribution in [2.45, 2.75) is 32.0 Å². The highest BCUT2D eigenvalue weighted by Gasteiger charge is 2.40. The van der Waals surface area contributed by atoms with Gasteiger partial charge in [0.05, 0.1) is 20.3 Å². The van der Waals surface area contributed by atoms with Gasteiger partial charge in [0.2, 0.25) is 11.7 Å². The van der Waals surface area contributed by atoms with Crippen molar-refractivity contribution in [1.82, 2.24) is 25.5 Å². The molecule has 170 valence electrons. The third kappa shape index (κ3) is 4.14. The molecule has 0 aliphatic carbocycles. The Morgan fingerprint density at radius 3 is 2.52 bits per heavy atom. The number of rotatable bonds is 6. The lowest BCUT2D eigenvalue weighted by Crippen LogP contribution is -2.47. The standard InChI is InChI=1S/C24H25N5O4/c1-15-4-6-16(7-5-15)20-13-21-24(30)28(8-9-29(21)26-20)14-22-25-23(27-33-22)17-10-18(31-2)12-19(11-17)32-3/h4-12,20-21,26H,13-14H2,1-3H3. The molecule has 1 amide bonds. The van der Waals surface area contributed by atoms with Gasteiger partial charge in [-0.25, -0.2) is 5.43 Å². The fourth-order valence-corrected chi connectivity index (χ4v) is 4.10. The molecule has 1 aromatic heterocycles. The van der Waals surface area contributed by atoms with Gasteiger partial charge in [-0.15, -0.1) is 0 Å². The van der Waals surface area contributed by atoms with Crippen molar-refractivity contribution in [3.05, 3.63) is 71.9 Å². The first kappa shape index (κ1) is 21.0. The average Bonchev–Trinajstić information content (AvgIpc) is 3.49. The summed E-state index contributed by atoms with van der Waals surface area (Å²) >= 11 is 0. The summed E-state index contributed by atoms with van der Waals surface area (Å²) in [4.78, 5) is 19.2. The number of nitrogens with zero attached hydrogens (tertiary/aromatic N) is 4. The van der Waals surface area contributed by atoms with Crippen LogP contribution in [0.1, 0.15) is 29.5 Å². The van der Waals surface area contributed by atoms with E-state index in [-0.39, 0.29) is 24.5 Å². The molecule has 9 nitrogen and oxygen atoms in total. The molecule has 1 saturated heterocycles. The molecule has 9 heteroatoms. The molecule has 0 spiro atoms. The largest absolute Gasteiger partial charge is 0.497 e. The van der Waals surface area contributed by atoms with E-state index in [9.17, 15) is 4.79 Å². The van der Waals surface area contributed by atoms with Crippen LogP contribution in [-0.2, 0) is 11.3 Å². The number of hydrogen-bond donors (Lipinski definition) is 1. The van der Waals surface area contributed by atoms with Crippen LogP contribution in [-0.4, -0.2) is 46.2 Å². The number of benzene rings is 2. The first-order valence-corrected chi connectivity index (χ1v) is 10.7. The van der Waals surface area contributed by atoms with Crippen LogP contribution in [0.4, 0.5) is 0 Å². The summed E-state index contributed by atoms with van der Waals surface area (Å²) in [5.41, 5.74) is 6.49. The van der Waals surface area contributed by atoms with Gasteiger partial charge in [0.25, 0.3) is 5.91 Å². The number of methoxy groups -OCH3 is 2. The predicted octanol–water partition coefficient (Wildman–Crippen LogP) is 3.20. The Hall–Kier alpha value is -3.85. The van der Waals surface area contributed by atoms with Gasteiger partial charge in [0.1, 0.15) is 24.1 Å². The Morgan fingerprint density at radius 2 is 1.82 bits per heavy atom. The molecular formula is C24H25N5O4. The molecule has 2 aliphatic heterocycles. The molecule has 2 unspecified atom stereocenters. The minimum absolute atomic E-state index is 0.0117. The fourth-order valence-electron chi connectivity index (χ4n) is 4.10. The van der Waals surface area contributed by atoms with Crippen LogP contribution in [0.25, 0.3) is 11.4 Å². The first-order valence-electron chi connectivity index (χ1n) is 10.7. The van der Waals surface area contributed by atoms with Crippen molar-refractivity contribution < 1.29 is 18.8 Å². The van der Waals surface area contributed by atoms with Gasteiger partial charge in [-0.2, -0.15) is 4.98 Å². The number of amides is 1. The number of aromatic nitrogens is 2. The SMILES string of the molecule is COc1cc(OC)cc(-c2noc(CN3C=CN4NC(c5ccc(C)cc5)CC4C3=O)n2)c1. The van der Waals surface area contributed by atoms with Crippen molar-refractivity contribution in [2.24, 2.45) is 0 Å². The highest BCUT2D eigenvalue weighted by atomic mass is 16.5. The summed E-state index contributed by atoms with van der Waals surface area (Å²) in [6.45, 7) is 2.26. The number of aryl methyl sites for hydroxylation is 1. The first-order chi connectivity index (χ1) is 16.0. The van der Waals surface area contributed by atoms with Gasteiger partial charge < -0.3 is 23.9 Å². The molecule has 0 saturated carbocycles. The molecule has 5 rings (SSSR count). The molecule has 3 heterocycles. The van der Waals surface area contributed by atoms with Crippen molar-refractivity contribution in [3.8, 4) is 22.9 Å². The van der Waals surface area contributed by atoms with Gasteiger partial charge in [-0.3, -0.25) is 4.79 Å². The minimum Gasteiger partial charge on any atom is -0.497 e. The van der Waals surface area contributed by atoms with Crippen molar-refractivity contribution in [3.63, 3.8) is 0 Å². The highest BCUT2D eigenvalue weighted by Crippen LogP contribution is 2.32. The molecule has 1 fully saturated rings. The van der Waals surface area contributed by atoms with Crippen LogP contribution in [0.3, 0.4) is 0 Å². The number of carbonyl (C=O) groups excluding carboxylic acids is 1. The molecule has 2 aromatic carbocycles. The van der Waals surface area contributed by atoms with E-state index in [0.717, 1.165) is 5.56 Å². The van der Waals surface area contributed by atoms with E-state index in [1.807, 2.05) is 11.2 Å². The van der Waals surface area contributed by atoms with E-state index in [1.165, 1.54) is 5.56 Å². The van der Waals surface area contributed by atoms with Crippen LogP contribution >= 0.6 is 0 Å². The average molecular weight is 447 g/mol. The second kappa shape index (κ2) is 8.59. The third-order valence-electron chi connectivity index (χ3n) is 5.94. The van der Waals surface area contributed by atoms with Gasteiger partial charge in [-0.05, 0) is 31.0 Å².